The number of fused-ring (bicyclic) bond motifs is 1. The van der Waals surface area contributed by atoms with E-state index in [9.17, 15) is 0 Å². The maximum atomic E-state index is 5.90. The molecule has 1 aromatic rings. The molecule has 1 aromatic carbocycles. The number of nitrogens with one attached hydrogen (secondary N) is 1. The minimum absolute atomic E-state index is 0.506. The van der Waals surface area contributed by atoms with Gasteiger partial charge in [0, 0.05) is 17.6 Å². The average molecular weight is 259 g/mol. The molecule has 19 heavy (non-hydrogen) atoms. The first-order valence-corrected chi connectivity index (χ1v) is 7.88. The molecule has 1 atom stereocenters. The number of hydrogen-bond donors (Lipinski definition) is 1. The maximum Gasteiger partial charge on any atom is 0.124 e. The summed E-state index contributed by atoms with van der Waals surface area (Å²) in [5, 5.41) is 3.79. The molecule has 1 aliphatic heterocycles. The van der Waals surface area contributed by atoms with Crippen LogP contribution in [0.5, 0.6) is 5.75 Å². The molecule has 1 N–H and O–H groups in total. The molecule has 1 aliphatic carbocycles. The Morgan fingerprint density at radius 1 is 1.26 bits per heavy atom. The Labute approximate surface area is 116 Å². The highest BCUT2D eigenvalue weighted by Crippen LogP contribution is 2.35. The summed E-state index contributed by atoms with van der Waals surface area (Å²) in [5.74, 6) is 1.11. The van der Waals surface area contributed by atoms with Crippen LogP contribution in [0, 0.1) is 0 Å². The molecule has 3 rings (SSSR count). The Balaban J connectivity index is 1.81. The number of rotatable bonds is 5. The second-order valence-corrected chi connectivity index (χ2v) is 5.96. The minimum atomic E-state index is 0.506. The maximum absolute atomic E-state index is 5.90. The fraction of sp³-hybridized carbons (Fsp3) is 0.647. The van der Waals surface area contributed by atoms with Crippen molar-refractivity contribution in [2.45, 2.75) is 64.0 Å². The Hall–Kier alpha value is -1.02. The van der Waals surface area contributed by atoms with Gasteiger partial charge in [0.15, 0.2) is 0 Å². The molecule has 104 valence electrons. The second kappa shape index (κ2) is 5.96. The quantitative estimate of drug-likeness (QED) is 0.863. The van der Waals surface area contributed by atoms with Gasteiger partial charge in [0.2, 0.25) is 0 Å². The Morgan fingerprint density at radius 2 is 2.16 bits per heavy atom. The zero-order valence-electron chi connectivity index (χ0n) is 12.0. The van der Waals surface area contributed by atoms with Gasteiger partial charge in [-0.05, 0) is 50.2 Å². The summed E-state index contributed by atoms with van der Waals surface area (Å²) >= 11 is 0. The third-order valence-electron chi connectivity index (χ3n) is 4.18. The van der Waals surface area contributed by atoms with Crippen LogP contribution in [0.4, 0.5) is 0 Å². The van der Waals surface area contributed by atoms with Crippen molar-refractivity contribution in [1.29, 1.82) is 0 Å². The van der Waals surface area contributed by atoms with E-state index in [0.29, 0.717) is 6.04 Å². The predicted molar refractivity (Wildman–Crippen MR) is 78.7 cm³/mol. The highest BCUT2D eigenvalue weighted by atomic mass is 16.5. The molecule has 0 bridgehead atoms. The van der Waals surface area contributed by atoms with Crippen LogP contribution in [0.2, 0.25) is 0 Å². The summed E-state index contributed by atoms with van der Waals surface area (Å²) in [6.07, 6.45) is 8.80. The Bertz CT molecular complexity index is 425. The number of benzene rings is 1. The van der Waals surface area contributed by atoms with E-state index in [0.717, 1.165) is 24.8 Å². The first-order chi connectivity index (χ1) is 9.36. The van der Waals surface area contributed by atoms with Crippen molar-refractivity contribution in [3.05, 3.63) is 29.3 Å². The molecule has 2 nitrogen and oxygen atoms in total. The van der Waals surface area contributed by atoms with Crippen molar-refractivity contribution in [3.63, 3.8) is 0 Å². The molecule has 1 saturated carbocycles. The largest absolute Gasteiger partial charge is 0.493 e. The van der Waals surface area contributed by atoms with Gasteiger partial charge in [-0.3, -0.25) is 0 Å². The van der Waals surface area contributed by atoms with Crippen LogP contribution >= 0.6 is 0 Å². The van der Waals surface area contributed by atoms with E-state index in [1.807, 2.05) is 0 Å². The molecular formula is C17H25NO. The standard InChI is InChI=1S/C17H25NO/c1-2-3-5-13-7-10-17-15(12-13)16(6-4-11-19-17)18-14-8-9-14/h7,10,12,14,16,18H,2-6,8-9,11H2,1H3. The van der Waals surface area contributed by atoms with E-state index in [4.69, 9.17) is 4.74 Å². The predicted octanol–water partition coefficient (Wildman–Crippen LogP) is 3.99. The third-order valence-corrected chi connectivity index (χ3v) is 4.18. The second-order valence-electron chi connectivity index (χ2n) is 5.96. The fourth-order valence-corrected chi connectivity index (χ4v) is 2.87. The van der Waals surface area contributed by atoms with Gasteiger partial charge in [-0.2, -0.15) is 0 Å². The van der Waals surface area contributed by atoms with Crippen LogP contribution in [-0.2, 0) is 6.42 Å². The number of hydrogen-bond acceptors (Lipinski definition) is 2. The van der Waals surface area contributed by atoms with Gasteiger partial charge in [0.05, 0.1) is 6.61 Å². The molecule has 0 aromatic heterocycles. The zero-order chi connectivity index (χ0) is 13.1. The highest BCUT2D eigenvalue weighted by Gasteiger charge is 2.28. The van der Waals surface area contributed by atoms with E-state index in [2.05, 4.69) is 30.4 Å². The molecule has 2 aliphatic rings. The lowest BCUT2D eigenvalue weighted by Crippen LogP contribution is -2.23. The lowest BCUT2D eigenvalue weighted by atomic mass is 9.97. The number of aryl methyl sites for hydroxylation is 1. The molecule has 1 heterocycles. The zero-order valence-corrected chi connectivity index (χ0v) is 12.0. The monoisotopic (exact) mass is 259 g/mol. The van der Waals surface area contributed by atoms with E-state index >= 15 is 0 Å². The first kappa shape index (κ1) is 13.0. The molecule has 0 saturated heterocycles. The third kappa shape index (κ3) is 3.30. The molecular weight excluding hydrogens is 234 g/mol. The SMILES string of the molecule is CCCCc1ccc2c(c1)C(NC1CC1)CCCO2. The number of ether oxygens (including phenoxy) is 1. The molecule has 2 heteroatoms. The van der Waals surface area contributed by atoms with E-state index in [-0.39, 0.29) is 0 Å². The minimum Gasteiger partial charge on any atom is -0.493 e. The summed E-state index contributed by atoms with van der Waals surface area (Å²) in [6, 6.07) is 8.08. The van der Waals surface area contributed by atoms with Gasteiger partial charge < -0.3 is 10.1 Å². The molecule has 1 unspecified atom stereocenters. The van der Waals surface area contributed by atoms with Gasteiger partial charge in [-0.1, -0.05) is 25.5 Å². The van der Waals surface area contributed by atoms with Gasteiger partial charge in [-0.15, -0.1) is 0 Å². The molecule has 0 radical (unpaired) electrons. The van der Waals surface area contributed by atoms with Crippen molar-refractivity contribution in [2.24, 2.45) is 0 Å². The lowest BCUT2D eigenvalue weighted by molar-refractivity contribution is 0.315. The van der Waals surface area contributed by atoms with Gasteiger partial charge in [-0.25, -0.2) is 0 Å². The van der Waals surface area contributed by atoms with Crippen LogP contribution < -0.4 is 10.1 Å². The normalized spacial score (nSPS) is 22.5. The van der Waals surface area contributed by atoms with Gasteiger partial charge in [0.1, 0.15) is 5.75 Å². The van der Waals surface area contributed by atoms with Crippen LogP contribution in [0.3, 0.4) is 0 Å². The topological polar surface area (TPSA) is 21.3 Å². The smallest absolute Gasteiger partial charge is 0.124 e. The van der Waals surface area contributed by atoms with E-state index in [1.54, 1.807) is 0 Å². The van der Waals surface area contributed by atoms with Crippen molar-refractivity contribution in [2.75, 3.05) is 6.61 Å². The molecule has 1 fully saturated rings. The Morgan fingerprint density at radius 3 is 2.95 bits per heavy atom. The summed E-state index contributed by atoms with van der Waals surface area (Å²) in [6.45, 7) is 3.12. The van der Waals surface area contributed by atoms with E-state index < -0.39 is 0 Å². The average Bonchev–Trinajstić information content (AvgIpc) is 3.25. The lowest BCUT2D eigenvalue weighted by Gasteiger charge is -2.19. The van der Waals surface area contributed by atoms with Crippen molar-refractivity contribution in [3.8, 4) is 5.75 Å². The fourth-order valence-electron chi connectivity index (χ4n) is 2.87. The van der Waals surface area contributed by atoms with E-state index in [1.165, 1.54) is 49.7 Å². The van der Waals surface area contributed by atoms with Gasteiger partial charge in [0.25, 0.3) is 0 Å². The van der Waals surface area contributed by atoms with Crippen LogP contribution in [0.25, 0.3) is 0 Å². The van der Waals surface area contributed by atoms with Crippen LogP contribution in [-0.4, -0.2) is 12.6 Å². The summed E-state index contributed by atoms with van der Waals surface area (Å²) in [7, 11) is 0. The summed E-state index contributed by atoms with van der Waals surface area (Å²) in [5.41, 5.74) is 2.87. The van der Waals surface area contributed by atoms with Crippen LogP contribution in [0.15, 0.2) is 18.2 Å². The van der Waals surface area contributed by atoms with Gasteiger partial charge >= 0.3 is 0 Å². The summed E-state index contributed by atoms with van der Waals surface area (Å²) in [4.78, 5) is 0. The van der Waals surface area contributed by atoms with Crippen molar-refractivity contribution >= 4 is 0 Å². The van der Waals surface area contributed by atoms with Crippen molar-refractivity contribution < 1.29 is 4.74 Å². The van der Waals surface area contributed by atoms with Crippen LogP contribution in [0.1, 0.15) is 62.6 Å². The summed E-state index contributed by atoms with van der Waals surface area (Å²) < 4.78 is 5.90. The molecule has 0 amide bonds. The highest BCUT2D eigenvalue weighted by molar-refractivity contribution is 5.40. The Kier molecular flexibility index (Phi) is 4.07. The first-order valence-electron chi connectivity index (χ1n) is 7.88. The molecule has 0 spiro atoms. The number of unbranched alkanes of at least 4 members (excludes halogenated alkanes) is 1. The van der Waals surface area contributed by atoms with Crippen molar-refractivity contribution in [1.82, 2.24) is 5.32 Å².